The van der Waals surface area contributed by atoms with Crippen molar-refractivity contribution in [2.75, 3.05) is 7.05 Å². The van der Waals surface area contributed by atoms with E-state index in [1.807, 2.05) is 0 Å². The summed E-state index contributed by atoms with van der Waals surface area (Å²) in [6, 6.07) is 9.38. The Kier molecular flexibility index (Phi) is 5.40. The smallest absolute Gasteiger partial charge is 0.0320 e. The topological polar surface area (TPSA) is 12.0 Å². The summed E-state index contributed by atoms with van der Waals surface area (Å²) in [6.07, 6.45) is 2.48. The van der Waals surface area contributed by atoms with Crippen LogP contribution in [0.1, 0.15) is 57.7 Å². The Morgan fingerprint density at radius 3 is 2.11 bits per heavy atom. The van der Waals surface area contributed by atoms with Crippen molar-refractivity contribution in [2.24, 2.45) is 11.3 Å². The highest BCUT2D eigenvalue weighted by atomic mass is 14.9. The Bertz CT molecular complexity index is 345. The number of benzene rings is 1. The van der Waals surface area contributed by atoms with E-state index in [0.29, 0.717) is 11.5 Å². The van der Waals surface area contributed by atoms with E-state index in [2.05, 4.69) is 71.2 Å². The molecule has 1 aromatic carbocycles. The molecular formula is C17H29N. The van der Waals surface area contributed by atoms with Crippen LogP contribution in [0.3, 0.4) is 0 Å². The summed E-state index contributed by atoms with van der Waals surface area (Å²) >= 11 is 0. The number of aryl methyl sites for hydroxylation is 1. The third-order valence-corrected chi connectivity index (χ3v) is 3.43. The molecule has 0 spiro atoms. The van der Waals surface area contributed by atoms with Crippen LogP contribution < -0.4 is 5.32 Å². The van der Waals surface area contributed by atoms with Crippen LogP contribution in [-0.4, -0.2) is 7.05 Å². The third kappa shape index (κ3) is 5.22. The summed E-state index contributed by atoms with van der Waals surface area (Å²) in [5.41, 5.74) is 3.16. The molecule has 0 aliphatic carbocycles. The van der Waals surface area contributed by atoms with E-state index < -0.39 is 0 Å². The molecule has 0 radical (unpaired) electrons. The van der Waals surface area contributed by atoms with E-state index in [0.717, 1.165) is 5.92 Å². The van der Waals surface area contributed by atoms with Gasteiger partial charge in [0.05, 0.1) is 0 Å². The van der Waals surface area contributed by atoms with Crippen molar-refractivity contribution in [1.29, 1.82) is 0 Å². The zero-order valence-electron chi connectivity index (χ0n) is 12.9. The number of nitrogens with one attached hydrogen (secondary N) is 1. The zero-order valence-corrected chi connectivity index (χ0v) is 12.9. The summed E-state index contributed by atoms with van der Waals surface area (Å²) in [4.78, 5) is 0. The molecular weight excluding hydrogens is 218 g/mol. The second kappa shape index (κ2) is 6.38. The molecule has 0 saturated carbocycles. The highest BCUT2D eigenvalue weighted by Gasteiger charge is 2.19. The van der Waals surface area contributed by atoms with Gasteiger partial charge in [0.25, 0.3) is 0 Å². The fourth-order valence-corrected chi connectivity index (χ4v) is 2.75. The molecule has 0 saturated heterocycles. The van der Waals surface area contributed by atoms with Crippen LogP contribution in [0.15, 0.2) is 24.3 Å². The van der Waals surface area contributed by atoms with Gasteiger partial charge in [-0.3, -0.25) is 0 Å². The lowest BCUT2D eigenvalue weighted by atomic mass is 9.82. The molecule has 0 aliphatic heterocycles. The maximum atomic E-state index is 3.45. The van der Waals surface area contributed by atoms with Crippen LogP contribution in [-0.2, 0) is 0 Å². The van der Waals surface area contributed by atoms with Crippen LogP contribution in [0, 0.1) is 18.3 Å². The Balaban J connectivity index is 2.64. The van der Waals surface area contributed by atoms with Crippen molar-refractivity contribution < 1.29 is 0 Å². The van der Waals surface area contributed by atoms with Crippen molar-refractivity contribution in [2.45, 2.75) is 53.5 Å². The molecule has 2 atom stereocenters. The lowest BCUT2D eigenvalue weighted by Crippen LogP contribution is -2.21. The quantitative estimate of drug-likeness (QED) is 0.794. The first kappa shape index (κ1) is 15.2. The van der Waals surface area contributed by atoms with E-state index in [1.54, 1.807) is 0 Å². The van der Waals surface area contributed by atoms with E-state index >= 15 is 0 Å². The normalized spacial score (nSPS) is 15.4. The lowest BCUT2D eigenvalue weighted by Gasteiger charge is -2.27. The van der Waals surface area contributed by atoms with Crippen LogP contribution >= 0.6 is 0 Å². The molecule has 102 valence electrons. The Labute approximate surface area is 113 Å². The molecule has 2 unspecified atom stereocenters. The fourth-order valence-electron chi connectivity index (χ4n) is 2.75. The summed E-state index contributed by atoms with van der Waals surface area (Å²) in [7, 11) is 2.06. The van der Waals surface area contributed by atoms with E-state index in [9.17, 15) is 0 Å². The minimum atomic E-state index is 0.422. The van der Waals surface area contributed by atoms with E-state index in [1.165, 1.54) is 24.0 Å². The van der Waals surface area contributed by atoms with Crippen LogP contribution in [0.5, 0.6) is 0 Å². The summed E-state index contributed by atoms with van der Waals surface area (Å²) < 4.78 is 0. The van der Waals surface area contributed by atoms with Gasteiger partial charge in [0.1, 0.15) is 0 Å². The zero-order chi connectivity index (χ0) is 13.8. The molecule has 0 amide bonds. The van der Waals surface area contributed by atoms with Gasteiger partial charge in [-0.25, -0.2) is 0 Å². The molecule has 1 heteroatoms. The van der Waals surface area contributed by atoms with Gasteiger partial charge >= 0.3 is 0 Å². The summed E-state index contributed by atoms with van der Waals surface area (Å²) in [5, 5.41) is 3.45. The van der Waals surface area contributed by atoms with Crippen LogP contribution in [0.4, 0.5) is 0 Å². The van der Waals surface area contributed by atoms with Gasteiger partial charge in [-0.15, -0.1) is 0 Å². The summed E-state index contributed by atoms with van der Waals surface area (Å²) in [5.74, 6) is 0.740. The van der Waals surface area contributed by atoms with Gasteiger partial charge in [0.15, 0.2) is 0 Å². The molecule has 18 heavy (non-hydrogen) atoms. The molecule has 0 fully saturated rings. The second-order valence-electron chi connectivity index (χ2n) is 6.86. The number of rotatable bonds is 5. The summed E-state index contributed by atoms with van der Waals surface area (Å²) in [6.45, 7) is 11.5. The van der Waals surface area contributed by atoms with Crippen LogP contribution in [0.2, 0.25) is 0 Å². The monoisotopic (exact) mass is 247 g/mol. The van der Waals surface area contributed by atoms with Gasteiger partial charge in [0, 0.05) is 6.04 Å². The maximum absolute atomic E-state index is 3.45. The SMILES string of the molecule is CNC(CC(C)CC(C)(C)C)c1ccc(C)cc1. The fraction of sp³-hybridized carbons (Fsp3) is 0.647. The van der Waals surface area contributed by atoms with Gasteiger partial charge in [-0.2, -0.15) is 0 Å². The second-order valence-corrected chi connectivity index (χ2v) is 6.86. The first-order valence-electron chi connectivity index (χ1n) is 7.05. The molecule has 0 heterocycles. The Morgan fingerprint density at radius 1 is 1.11 bits per heavy atom. The predicted octanol–water partition coefficient (Wildman–Crippen LogP) is 4.72. The molecule has 0 aliphatic rings. The molecule has 1 rings (SSSR count). The average molecular weight is 247 g/mol. The van der Waals surface area contributed by atoms with Gasteiger partial charge in [-0.1, -0.05) is 57.5 Å². The minimum Gasteiger partial charge on any atom is -0.313 e. The highest BCUT2D eigenvalue weighted by molar-refractivity contribution is 5.24. The van der Waals surface area contributed by atoms with Crippen molar-refractivity contribution in [3.05, 3.63) is 35.4 Å². The largest absolute Gasteiger partial charge is 0.313 e. The van der Waals surface area contributed by atoms with Gasteiger partial charge in [0.2, 0.25) is 0 Å². The van der Waals surface area contributed by atoms with Gasteiger partial charge < -0.3 is 5.32 Å². The van der Waals surface area contributed by atoms with Crippen molar-refractivity contribution in [3.63, 3.8) is 0 Å². The Morgan fingerprint density at radius 2 is 1.67 bits per heavy atom. The van der Waals surface area contributed by atoms with Crippen molar-refractivity contribution >= 4 is 0 Å². The van der Waals surface area contributed by atoms with Crippen molar-refractivity contribution in [1.82, 2.24) is 5.32 Å². The minimum absolute atomic E-state index is 0.422. The van der Waals surface area contributed by atoms with Gasteiger partial charge in [-0.05, 0) is 43.7 Å². The van der Waals surface area contributed by atoms with Crippen LogP contribution in [0.25, 0.3) is 0 Å². The third-order valence-electron chi connectivity index (χ3n) is 3.43. The number of hydrogen-bond donors (Lipinski definition) is 1. The average Bonchev–Trinajstić information content (AvgIpc) is 2.25. The lowest BCUT2D eigenvalue weighted by molar-refractivity contribution is 0.279. The van der Waals surface area contributed by atoms with E-state index in [4.69, 9.17) is 0 Å². The van der Waals surface area contributed by atoms with Crippen molar-refractivity contribution in [3.8, 4) is 0 Å². The number of hydrogen-bond acceptors (Lipinski definition) is 1. The standard InChI is InChI=1S/C17H29N/c1-13-7-9-15(10-8-13)16(18-6)11-14(2)12-17(3,4)5/h7-10,14,16,18H,11-12H2,1-6H3. The molecule has 1 nitrogen and oxygen atoms in total. The highest BCUT2D eigenvalue weighted by Crippen LogP contribution is 2.30. The first-order valence-corrected chi connectivity index (χ1v) is 7.05. The first-order chi connectivity index (χ1) is 8.31. The maximum Gasteiger partial charge on any atom is 0.0320 e. The molecule has 1 N–H and O–H groups in total. The molecule has 1 aromatic rings. The molecule has 0 bridgehead atoms. The molecule has 0 aromatic heterocycles. The Hall–Kier alpha value is -0.820. The predicted molar refractivity (Wildman–Crippen MR) is 80.8 cm³/mol. The van der Waals surface area contributed by atoms with E-state index in [-0.39, 0.29) is 0 Å².